The van der Waals surface area contributed by atoms with Crippen LogP contribution in [0, 0.1) is 6.92 Å². The van der Waals surface area contributed by atoms with Crippen molar-refractivity contribution in [2.75, 3.05) is 34.0 Å². The molecule has 1 rings (SSSR count). The van der Waals surface area contributed by atoms with Crippen LogP contribution in [0.5, 0.6) is 0 Å². The van der Waals surface area contributed by atoms with Crippen molar-refractivity contribution in [3.63, 3.8) is 0 Å². The van der Waals surface area contributed by atoms with Gasteiger partial charge in [-0.25, -0.2) is 0 Å². The molecule has 0 radical (unpaired) electrons. The van der Waals surface area contributed by atoms with Gasteiger partial charge in [0.25, 0.3) is 0 Å². The molecule has 0 aliphatic carbocycles. The number of rotatable bonds is 10. The number of nitrogens with two attached hydrogens (primary N) is 1. The number of hydrogen-bond donors (Lipinski definition) is 1. The summed E-state index contributed by atoms with van der Waals surface area (Å²) in [4.78, 5) is 2.32. The van der Waals surface area contributed by atoms with Crippen molar-refractivity contribution in [2.24, 2.45) is 5.73 Å². The molecule has 1 heterocycles. The van der Waals surface area contributed by atoms with Crippen molar-refractivity contribution < 1.29 is 13.9 Å². The Morgan fingerprint density at radius 2 is 2.00 bits per heavy atom. The SMILES string of the molecule is CCC(N)C(c1ccc(C)o1)N(CCOC)C(C)COC. The van der Waals surface area contributed by atoms with Crippen LogP contribution in [0.1, 0.15) is 37.8 Å². The largest absolute Gasteiger partial charge is 0.465 e. The highest BCUT2D eigenvalue weighted by Crippen LogP contribution is 2.28. The van der Waals surface area contributed by atoms with Crippen molar-refractivity contribution >= 4 is 0 Å². The lowest BCUT2D eigenvalue weighted by Gasteiger charge is -2.37. The van der Waals surface area contributed by atoms with Crippen LogP contribution in [0.3, 0.4) is 0 Å². The molecule has 3 atom stereocenters. The third-order valence-electron chi connectivity index (χ3n) is 3.81. The number of ether oxygens (including phenoxy) is 2. The minimum atomic E-state index is 0.00622. The van der Waals surface area contributed by atoms with Gasteiger partial charge in [0.05, 0.1) is 19.3 Å². The molecule has 0 saturated heterocycles. The molecule has 0 aliphatic heterocycles. The molecule has 0 aromatic carbocycles. The van der Waals surface area contributed by atoms with E-state index in [1.165, 1.54) is 0 Å². The zero-order chi connectivity index (χ0) is 15.8. The summed E-state index contributed by atoms with van der Waals surface area (Å²) in [6, 6.07) is 4.28. The summed E-state index contributed by atoms with van der Waals surface area (Å²) in [7, 11) is 3.43. The lowest BCUT2D eigenvalue weighted by Crippen LogP contribution is -2.47. The zero-order valence-electron chi connectivity index (χ0n) is 14.0. The monoisotopic (exact) mass is 298 g/mol. The van der Waals surface area contributed by atoms with Crippen LogP contribution in [-0.4, -0.2) is 51.0 Å². The molecule has 2 N–H and O–H groups in total. The van der Waals surface area contributed by atoms with E-state index < -0.39 is 0 Å². The topological polar surface area (TPSA) is 60.9 Å². The first-order valence-electron chi connectivity index (χ1n) is 7.60. The van der Waals surface area contributed by atoms with Gasteiger partial charge in [-0.3, -0.25) is 4.90 Å². The fourth-order valence-corrected chi connectivity index (χ4v) is 2.62. The summed E-state index contributed by atoms with van der Waals surface area (Å²) in [6.07, 6.45) is 0.883. The molecule has 21 heavy (non-hydrogen) atoms. The Morgan fingerprint density at radius 1 is 1.29 bits per heavy atom. The Bertz CT molecular complexity index is 395. The normalized spacial score (nSPS) is 16.1. The first-order chi connectivity index (χ1) is 10.0. The Morgan fingerprint density at radius 3 is 2.48 bits per heavy atom. The van der Waals surface area contributed by atoms with E-state index in [1.807, 2.05) is 19.1 Å². The van der Waals surface area contributed by atoms with E-state index in [4.69, 9.17) is 19.6 Å². The predicted molar refractivity (Wildman–Crippen MR) is 84.4 cm³/mol. The maximum absolute atomic E-state index is 6.38. The molecular weight excluding hydrogens is 268 g/mol. The van der Waals surface area contributed by atoms with Gasteiger partial charge >= 0.3 is 0 Å². The highest BCUT2D eigenvalue weighted by Gasteiger charge is 2.31. The van der Waals surface area contributed by atoms with Crippen molar-refractivity contribution in [1.29, 1.82) is 0 Å². The molecule has 0 amide bonds. The minimum absolute atomic E-state index is 0.00622. The number of aryl methyl sites for hydroxylation is 1. The van der Waals surface area contributed by atoms with E-state index in [1.54, 1.807) is 14.2 Å². The third kappa shape index (κ3) is 5.11. The smallest absolute Gasteiger partial charge is 0.122 e. The lowest BCUT2D eigenvalue weighted by molar-refractivity contribution is 0.0305. The van der Waals surface area contributed by atoms with Crippen LogP contribution in [-0.2, 0) is 9.47 Å². The molecular formula is C16H30N2O3. The highest BCUT2D eigenvalue weighted by atomic mass is 16.5. The summed E-state index contributed by atoms with van der Waals surface area (Å²) < 4.78 is 16.4. The van der Waals surface area contributed by atoms with E-state index >= 15 is 0 Å². The van der Waals surface area contributed by atoms with Gasteiger partial charge in [-0.15, -0.1) is 0 Å². The third-order valence-corrected chi connectivity index (χ3v) is 3.81. The van der Waals surface area contributed by atoms with Gasteiger partial charge in [-0.1, -0.05) is 6.92 Å². The summed E-state index contributed by atoms with van der Waals surface area (Å²) in [5, 5.41) is 0. The van der Waals surface area contributed by atoms with Crippen LogP contribution in [0.25, 0.3) is 0 Å². The summed E-state index contributed by atoms with van der Waals surface area (Å²) in [5.74, 6) is 1.82. The maximum atomic E-state index is 6.38. The standard InChI is InChI=1S/C16H30N2O3/c1-6-14(17)16(15-8-7-13(3)21-15)18(9-10-19-4)12(2)11-20-5/h7-8,12,14,16H,6,9-11,17H2,1-5H3. The van der Waals surface area contributed by atoms with Gasteiger partial charge in [0, 0.05) is 32.8 Å². The highest BCUT2D eigenvalue weighted by molar-refractivity contribution is 5.12. The summed E-state index contributed by atoms with van der Waals surface area (Å²) >= 11 is 0. The molecule has 0 aliphatic rings. The Hall–Kier alpha value is -0.880. The number of hydrogen-bond acceptors (Lipinski definition) is 5. The molecule has 0 bridgehead atoms. The summed E-state index contributed by atoms with van der Waals surface area (Å²) in [6.45, 7) is 8.29. The predicted octanol–water partition coefficient (Wildman–Crippen LogP) is 2.35. The van der Waals surface area contributed by atoms with Crippen LogP contribution in [0.4, 0.5) is 0 Å². The fraction of sp³-hybridized carbons (Fsp3) is 0.750. The van der Waals surface area contributed by atoms with Gasteiger partial charge in [0.1, 0.15) is 11.5 Å². The van der Waals surface area contributed by atoms with Gasteiger partial charge in [0.15, 0.2) is 0 Å². The molecule has 3 unspecified atom stereocenters. The number of furan rings is 1. The van der Waals surface area contributed by atoms with Crippen molar-refractivity contribution in [2.45, 2.75) is 45.3 Å². The van der Waals surface area contributed by atoms with Gasteiger partial charge in [0.2, 0.25) is 0 Å². The summed E-state index contributed by atoms with van der Waals surface area (Å²) in [5.41, 5.74) is 6.38. The van der Waals surface area contributed by atoms with E-state index in [9.17, 15) is 0 Å². The maximum Gasteiger partial charge on any atom is 0.122 e. The molecule has 0 spiro atoms. The van der Waals surface area contributed by atoms with E-state index in [2.05, 4.69) is 18.7 Å². The van der Waals surface area contributed by atoms with Gasteiger partial charge in [-0.05, 0) is 32.4 Å². The molecule has 1 aromatic rings. The molecule has 0 fully saturated rings. The Labute approximate surface area is 128 Å². The van der Waals surface area contributed by atoms with Crippen LogP contribution in [0.15, 0.2) is 16.5 Å². The van der Waals surface area contributed by atoms with E-state index in [0.717, 1.165) is 24.5 Å². The molecule has 5 nitrogen and oxygen atoms in total. The quantitative estimate of drug-likeness (QED) is 0.718. The Balaban J connectivity index is 3.03. The first-order valence-corrected chi connectivity index (χ1v) is 7.60. The second kappa shape index (κ2) is 9.20. The molecule has 1 aromatic heterocycles. The molecule has 0 saturated carbocycles. The average Bonchev–Trinajstić information content (AvgIpc) is 2.88. The van der Waals surface area contributed by atoms with Crippen molar-refractivity contribution in [3.8, 4) is 0 Å². The van der Waals surface area contributed by atoms with E-state index in [0.29, 0.717) is 13.2 Å². The van der Waals surface area contributed by atoms with Crippen molar-refractivity contribution in [3.05, 3.63) is 23.7 Å². The van der Waals surface area contributed by atoms with Crippen LogP contribution in [0.2, 0.25) is 0 Å². The van der Waals surface area contributed by atoms with E-state index in [-0.39, 0.29) is 18.1 Å². The molecule has 122 valence electrons. The van der Waals surface area contributed by atoms with Gasteiger partial charge < -0.3 is 19.6 Å². The fourth-order valence-electron chi connectivity index (χ4n) is 2.62. The second-order valence-corrected chi connectivity index (χ2v) is 5.50. The van der Waals surface area contributed by atoms with Crippen LogP contribution >= 0.6 is 0 Å². The van der Waals surface area contributed by atoms with Crippen LogP contribution < -0.4 is 5.73 Å². The zero-order valence-corrected chi connectivity index (χ0v) is 14.0. The minimum Gasteiger partial charge on any atom is -0.465 e. The van der Waals surface area contributed by atoms with Crippen molar-refractivity contribution in [1.82, 2.24) is 4.90 Å². The lowest BCUT2D eigenvalue weighted by atomic mass is 10.0. The first kappa shape index (κ1) is 18.2. The molecule has 5 heteroatoms. The number of nitrogens with zero attached hydrogens (tertiary/aromatic N) is 1. The second-order valence-electron chi connectivity index (χ2n) is 5.50. The average molecular weight is 298 g/mol. The Kier molecular flexibility index (Phi) is 7.96. The number of methoxy groups -OCH3 is 2. The van der Waals surface area contributed by atoms with Gasteiger partial charge in [-0.2, -0.15) is 0 Å².